The van der Waals surface area contributed by atoms with Gasteiger partial charge in [0.25, 0.3) is 11.8 Å². The molecule has 1 aliphatic heterocycles. The van der Waals surface area contributed by atoms with Crippen molar-refractivity contribution in [1.82, 2.24) is 4.57 Å². The number of benzene rings is 2. The molecule has 2 heterocycles. The normalized spacial score (nSPS) is 15.2. The predicted octanol–water partition coefficient (Wildman–Crippen LogP) is 6.07. The first-order valence-electron chi connectivity index (χ1n) is 10.6. The number of rotatable bonds is 5. The van der Waals surface area contributed by atoms with Crippen molar-refractivity contribution in [2.24, 2.45) is 0 Å². The summed E-state index contributed by atoms with van der Waals surface area (Å²) in [6.45, 7) is 14.0. The third kappa shape index (κ3) is 3.34. The predicted molar refractivity (Wildman–Crippen MR) is 132 cm³/mol. The summed E-state index contributed by atoms with van der Waals surface area (Å²) >= 11 is 0. The average Bonchev–Trinajstić information content (AvgIpc) is 3.20. The van der Waals surface area contributed by atoms with E-state index >= 15 is 0 Å². The van der Waals surface area contributed by atoms with Gasteiger partial charge in [-0.25, -0.2) is 4.90 Å². The van der Waals surface area contributed by atoms with Crippen LogP contribution in [0.15, 0.2) is 84.5 Å². The fourth-order valence-electron chi connectivity index (χ4n) is 4.30. The number of anilines is 1. The SMILES string of the molecule is C=CCn1c(/C=C2/C(=O)N(c3ccc(C=C)cc3)C(=O)C2=C(C)C)c(C)c2ccccc21. The van der Waals surface area contributed by atoms with Gasteiger partial charge in [-0.1, -0.05) is 54.6 Å². The Morgan fingerprint density at radius 3 is 2.28 bits per heavy atom. The summed E-state index contributed by atoms with van der Waals surface area (Å²) in [6.07, 6.45) is 5.43. The van der Waals surface area contributed by atoms with Crippen LogP contribution in [0.2, 0.25) is 0 Å². The number of imide groups is 1. The quantitative estimate of drug-likeness (QED) is 0.284. The van der Waals surface area contributed by atoms with Crippen LogP contribution in [-0.2, 0) is 16.1 Å². The van der Waals surface area contributed by atoms with E-state index in [1.807, 2.05) is 57.2 Å². The zero-order chi connectivity index (χ0) is 23.0. The van der Waals surface area contributed by atoms with Crippen LogP contribution >= 0.6 is 0 Å². The van der Waals surface area contributed by atoms with Gasteiger partial charge in [-0.2, -0.15) is 0 Å². The lowest BCUT2D eigenvalue weighted by molar-refractivity contribution is -0.119. The van der Waals surface area contributed by atoms with Gasteiger partial charge in [0.15, 0.2) is 0 Å². The molecule has 4 heteroatoms. The first kappa shape index (κ1) is 21.3. The fraction of sp³-hybridized carbons (Fsp3) is 0.143. The molecule has 1 saturated heterocycles. The van der Waals surface area contributed by atoms with Gasteiger partial charge >= 0.3 is 0 Å². The molecular formula is C28H26N2O2. The second-order valence-corrected chi connectivity index (χ2v) is 8.10. The molecule has 0 saturated carbocycles. The Hall–Kier alpha value is -3.92. The van der Waals surface area contributed by atoms with Crippen LogP contribution in [0.3, 0.4) is 0 Å². The van der Waals surface area contributed by atoms with E-state index in [0.717, 1.165) is 33.3 Å². The number of carbonyl (C=O) groups is 2. The number of allylic oxidation sites excluding steroid dienone is 2. The third-order valence-corrected chi connectivity index (χ3v) is 5.87. The van der Waals surface area contributed by atoms with Crippen LogP contribution in [0.1, 0.15) is 30.7 Å². The second kappa shape index (κ2) is 8.31. The minimum absolute atomic E-state index is 0.295. The van der Waals surface area contributed by atoms with Gasteiger partial charge in [0.1, 0.15) is 0 Å². The Morgan fingerprint density at radius 1 is 0.969 bits per heavy atom. The Balaban J connectivity index is 1.92. The highest BCUT2D eigenvalue weighted by Crippen LogP contribution is 2.35. The van der Waals surface area contributed by atoms with Gasteiger partial charge < -0.3 is 4.57 Å². The number of hydrogen-bond donors (Lipinski definition) is 0. The molecule has 2 amide bonds. The Bertz CT molecular complexity index is 1330. The summed E-state index contributed by atoms with van der Waals surface area (Å²) in [5.41, 5.74) is 6.21. The van der Waals surface area contributed by atoms with Crippen molar-refractivity contribution in [3.05, 3.63) is 101 Å². The van der Waals surface area contributed by atoms with Crippen molar-refractivity contribution < 1.29 is 9.59 Å². The number of nitrogens with zero attached hydrogens (tertiary/aromatic N) is 2. The van der Waals surface area contributed by atoms with Crippen LogP contribution in [0, 0.1) is 6.92 Å². The molecule has 0 spiro atoms. The summed E-state index contributed by atoms with van der Waals surface area (Å²) in [5.74, 6) is -0.607. The Morgan fingerprint density at radius 2 is 1.66 bits per heavy atom. The van der Waals surface area contributed by atoms with E-state index in [9.17, 15) is 9.59 Å². The minimum Gasteiger partial charge on any atom is -0.337 e. The van der Waals surface area contributed by atoms with Crippen molar-refractivity contribution in [2.75, 3.05) is 4.90 Å². The molecule has 2 aromatic carbocycles. The molecule has 32 heavy (non-hydrogen) atoms. The van der Waals surface area contributed by atoms with Gasteiger partial charge in [0.05, 0.1) is 16.8 Å². The molecule has 0 radical (unpaired) electrons. The lowest BCUT2D eigenvalue weighted by Gasteiger charge is -2.13. The van der Waals surface area contributed by atoms with E-state index in [-0.39, 0.29) is 11.8 Å². The molecule has 0 atom stereocenters. The molecule has 160 valence electrons. The number of carbonyl (C=O) groups excluding carboxylic acids is 2. The standard InChI is InChI=1S/C28H26N2O2/c1-6-16-29-24-11-9-8-10-22(24)19(5)25(29)17-23-26(18(3)4)28(32)30(27(23)31)21-14-12-20(7-2)13-15-21/h6-15,17H,1-2,16H2,3-5H3/b23-17+. The molecule has 4 nitrogen and oxygen atoms in total. The molecule has 1 aromatic heterocycles. The third-order valence-electron chi connectivity index (χ3n) is 5.87. The minimum atomic E-state index is -0.313. The summed E-state index contributed by atoms with van der Waals surface area (Å²) in [6, 6.07) is 15.4. The Labute approximate surface area is 188 Å². The van der Waals surface area contributed by atoms with Crippen LogP contribution in [0.5, 0.6) is 0 Å². The summed E-state index contributed by atoms with van der Waals surface area (Å²) in [7, 11) is 0. The van der Waals surface area contributed by atoms with Gasteiger partial charge in [-0.3, -0.25) is 9.59 Å². The highest BCUT2D eigenvalue weighted by molar-refractivity contribution is 6.38. The number of aromatic nitrogens is 1. The van der Waals surface area contributed by atoms with Crippen molar-refractivity contribution in [1.29, 1.82) is 0 Å². The van der Waals surface area contributed by atoms with Crippen LogP contribution in [-0.4, -0.2) is 16.4 Å². The lowest BCUT2D eigenvalue weighted by Crippen LogP contribution is -2.29. The van der Waals surface area contributed by atoms with E-state index in [4.69, 9.17) is 0 Å². The molecule has 0 bridgehead atoms. The van der Waals surface area contributed by atoms with Gasteiger partial charge in [-0.15, -0.1) is 6.58 Å². The number of amides is 2. The number of para-hydroxylation sites is 1. The second-order valence-electron chi connectivity index (χ2n) is 8.10. The highest BCUT2D eigenvalue weighted by atomic mass is 16.2. The van der Waals surface area contributed by atoms with Crippen LogP contribution in [0.4, 0.5) is 5.69 Å². The van der Waals surface area contributed by atoms with E-state index in [1.165, 1.54) is 4.90 Å². The zero-order valence-corrected chi connectivity index (χ0v) is 18.7. The van der Waals surface area contributed by atoms with Gasteiger partial charge in [0.2, 0.25) is 0 Å². The summed E-state index contributed by atoms with van der Waals surface area (Å²) in [4.78, 5) is 28.1. The molecule has 0 unspecified atom stereocenters. The average molecular weight is 423 g/mol. The molecular weight excluding hydrogens is 396 g/mol. The maximum atomic E-state index is 13.5. The molecule has 0 N–H and O–H groups in total. The van der Waals surface area contributed by atoms with E-state index < -0.39 is 0 Å². The number of hydrogen-bond acceptors (Lipinski definition) is 2. The van der Waals surface area contributed by atoms with E-state index in [0.29, 0.717) is 23.4 Å². The summed E-state index contributed by atoms with van der Waals surface area (Å²) in [5, 5.41) is 1.12. The highest BCUT2D eigenvalue weighted by Gasteiger charge is 2.40. The monoisotopic (exact) mass is 422 g/mol. The van der Waals surface area contributed by atoms with Crippen LogP contribution < -0.4 is 4.90 Å². The van der Waals surface area contributed by atoms with Crippen LogP contribution in [0.25, 0.3) is 23.1 Å². The fourth-order valence-corrected chi connectivity index (χ4v) is 4.30. The van der Waals surface area contributed by atoms with Crippen molar-refractivity contribution in [3.63, 3.8) is 0 Å². The topological polar surface area (TPSA) is 42.3 Å². The van der Waals surface area contributed by atoms with Crippen molar-refractivity contribution in [2.45, 2.75) is 27.3 Å². The molecule has 4 rings (SSSR count). The molecule has 0 aliphatic carbocycles. The van der Waals surface area contributed by atoms with E-state index in [1.54, 1.807) is 18.2 Å². The largest absolute Gasteiger partial charge is 0.337 e. The van der Waals surface area contributed by atoms with Gasteiger partial charge in [0, 0.05) is 23.1 Å². The maximum Gasteiger partial charge on any atom is 0.266 e. The van der Waals surface area contributed by atoms with Crippen molar-refractivity contribution >= 4 is 40.6 Å². The van der Waals surface area contributed by atoms with Crippen molar-refractivity contribution in [3.8, 4) is 0 Å². The lowest BCUT2D eigenvalue weighted by atomic mass is 10.0. The number of fused-ring (bicyclic) bond motifs is 1. The zero-order valence-electron chi connectivity index (χ0n) is 18.7. The molecule has 1 aliphatic rings. The summed E-state index contributed by atoms with van der Waals surface area (Å²) < 4.78 is 2.13. The Kier molecular flexibility index (Phi) is 5.54. The molecule has 3 aromatic rings. The smallest absolute Gasteiger partial charge is 0.266 e. The maximum absolute atomic E-state index is 13.5. The number of aryl methyl sites for hydroxylation is 1. The first-order chi connectivity index (χ1) is 15.4. The molecule has 1 fully saturated rings. The van der Waals surface area contributed by atoms with Gasteiger partial charge in [-0.05, 0) is 56.2 Å². The first-order valence-corrected chi connectivity index (χ1v) is 10.6. The van der Waals surface area contributed by atoms with E-state index in [2.05, 4.69) is 29.9 Å².